The summed E-state index contributed by atoms with van der Waals surface area (Å²) in [7, 11) is 0. The number of hydrogen-bond acceptors (Lipinski definition) is 3. The smallest absolute Gasteiger partial charge is 0.120 e. The van der Waals surface area contributed by atoms with E-state index in [4.69, 9.17) is 4.74 Å². The Hall–Kier alpha value is -1.32. The number of hydrogen-bond donors (Lipinski definition) is 1. The van der Waals surface area contributed by atoms with E-state index in [1.165, 1.54) is 5.56 Å². The van der Waals surface area contributed by atoms with Crippen molar-refractivity contribution in [2.45, 2.75) is 45.3 Å². The minimum atomic E-state index is -0.150. The van der Waals surface area contributed by atoms with Crippen LogP contribution < -0.4 is 10.1 Å². The molecule has 0 saturated carbocycles. The lowest BCUT2D eigenvalue weighted by Crippen LogP contribution is -2.45. The van der Waals surface area contributed by atoms with Gasteiger partial charge in [-0.05, 0) is 51.3 Å². The predicted molar refractivity (Wildman–Crippen MR) is 93.4 cm³/mol. The highest BCUT2D eigenvalue weighted by Gasteiger charge is 2.21. The fraction of sp³-hybridized carbons (Fsp3) is 0.579. The number of benzene rings is 1. The van der Waals surface area contributed by atoms with Crippen molar-refractivity contribution in [1.29, 1.82) is 0 Å². The Morgan fingerprint density at radius 3 is 2.41 bits per heavy atom. The van der Waals surface area contributed by atoms with Crippen LogP contribution in [0.1, 0.15) is 45.2 Å². The Morgan fingerprint density at radius 1 is 1.23 bits per heavy atom. The van der Waals surface area contributed by atoms with Crippen LogP contribution in [0.25, 0.3) is 0 Å². The number of rotatable bonds is 6. The SMILES string of the molecule is C=CCC[C@H](c1ccc(OC(C)(C)C)cc1)N1CCNCC1. The van der Waals surface area contributed by atoms with Gasteiger partial charge in [0, 0.05) is 32.2 Å². The van der Waals surface area contributed by atoms with E-state index in [1.54, 1.807) is 0 Å². The number of piperazine rings is 1. The van der Waals surface area contributed by atoms with Crippen LogP contribution in [-0.2, 0) is 0 Å². The van der Waals surface area contributed by atoms with Crippen LogP contribution >= 0.6 is 0 Å². The third-order valence-corrected chi connectivity index (χ3v) is 3.93. The first-order valence-electron chi connectivity index (χ1n) is 8.34. The Morgan fingerprint density at radius 2 is 1.86 bits per heavy atom. The number of allylic oxidation sites excluding steroid dienone is 1. The van der Waals surface area contributed by atoms with Crippen molar-refractivity contribution in [2.24, 2.45) is 0 Å². The molecule has 0 unspecified atom stereocenters. The molecular weight excluding hydrogens is 272 g/mol. The largest absolute Gasteiger partial charge is 0.488 e. The summed E-state index contributed by atoms with van der Waals surface area (Å²) >= 11 is 0. The molecule has 122 valence electrons. The molecule has 0 aromatic heterocycles. The van der Waals surface area contributed by atoms with Gasteiger partial charge in [-0.25, -0.2) is 0 Å². The molecule has 0 aliphatic carbocycles. The van der Waals surface area contributed by atoms with E-state index in [1.807, 2.05) is 6.08 Å². The maximum atomic E-state index is 5.92. The van der Waals surface area contributed by atoms with Crippen molar-refractivity contribution < 1.29 is 4.74 Å². The van der Waals surface area contributed by atoms with Gasteiger partial charge in [0.25, 0.3) is 0 Å². The van der Waals surface area contributed by atoms with Gasteiger partial charge >= 0.3 is 0 Å². The lowest BCUT2D eigenvalue weighted by molar-refractivity contribution is 0.130. The highest BCUT2D eigenvalue weighted by Crippen LogP contribution is 2.28. The summed E-state index contributed by atoms with van der Waals surface area (Å²) in [5.74, 6) is 0.944. The second-order valence-electron chi connectivity index (χ2n) is 6.95. The quantitative estimate of drug-likeness (QED) is 0.809. The first kappa shape index (κ1) is 17.0. The Balaban J connectivity index is 2.10. The van der Waals surface area contributed by atoms with E-state index in [-0.39, 0.29) is 5.60 Å². The lowest BCUT2D eigenvalue weighted by Gasteiger charge is -2.35. The van der Waals surface area contributed by atoms with Crippen molar-refractivity contribution in [3.63, 3.8) is 0 Å². The first-order valence-corrected chi connectivity index (χ1v) is 8.34. The van der Waals surface area contributed by atoms with Gasteiger partial charge in [-0.3, -0.25) is 4.90 Å². The molecule has 1 saturated heterocycles. The predicted octanol–water partition coefficient (Wildman–Crippen LogP) is 3.78. The molecular formula is C19H30N2O. The first-order chi connectivity index (χ1) is 10.5. The average Bonchev–Trinajstić information content (AvgIpc) is 2.49. The summed E-state index contributed by atoms with van der Waals surface area (Å²) in [5.41, 5.74) is 1.23. The van der Waals surface area contributed by atoms with Gasteiger partial charge in [-0.15, -0.1) is 6.58 Å². The average molecular weight is 302 g/mol. The molecule has 3 heteroatoms. The molecule has 0 spiro atoms. The van der Waals surface area contributed by atoms with E-state index in [0.29, 0.717) is 6.04 Å². The zero-order valence-electron chi connectivity index (χ0n) is 14.3. The zero-order chi connectivity index (χ0) is 16.0. The van der Waals surface area contributed by atoms with Crippen molar-refractivity contribution in [1.82, 2.24) is 10.2 Å². The molecule has 1 aromatic rings. The van der Waals surface area contributed by atoms with E-state index in [2.05, 4.69) is 61.8 Å². The maximum Gasteiger partial charge on any atom is 0.120 e. The molecule has 22 heavy (non-hydrogen) atoms. The van der Waals surface area contributed by atoms with E-state index in [9.17, 15) is 0 Å². The minimum Gasteiger partial charge on any atom is -0.488 e. The highest BCUT2D eigenvalue weighted by atomic mass is 16.5. The molecule has 3 nitrogen and oxygen atoms in total. The molecule has 0 bridgehead atoms. The monoisotopic (exact) mass is 302 g/mol. The lowest BCUT2D eigenvalue weighted by atomic mass is 9.99. The van der Waals surface area contributed by atoms with Crippen LogP contribution in [0.15, 0.2) is 36.9 Å². The Bertz CT molecular complexity index is 455. The standard InChI is InChI=1S/C19H30N2O/c1-5-6-7-18(21-14-12-20-13-15-21)16-8-10-17(11-9-16)22-19(2,3)4/h5,8-11,18,20H,1,6-7,12-15H2,2-4H3/t18-/m1/s1. The molecule has 1 fully saturated rings. The molecule has 1 aromatic carbocycles. The maximum absolute atomic E-state index is 5.92. The van der Waals surface area contributed by atoms with Crippen molar-refractivity contribution >= 4 is 0 Å². The Labute approximate surface area is 135 Å². The second kappa shape index (κ2) is 7.80. The summed E-state index contributed by atoms with van der Waals surface area (Å²) in [6.07, 6.45) is 4.20. The normalized spacial score (nSPS) is 18.0. The third kappa shape index (κ3) is 5.15. The fourth-order valence-corrected chi connectivity index (χ4v) is 2.94. The van der Waals surface area contributed by atoms with Gasteiger partial charge < -0.3 is 10.1 Å². The minimum absolute atomic E-state index is 0.150. The topological polar surface area (TPSA) is 24.5 Å². The van der Waals surface area contributed by atoms with Gasteiger partial charge in [0.05, 0.1) is 0 Å². The number of nitrogens with one attached hydrogen (secondary N) is 1. The molecule has 2 rings (SSSR count). The van der Waals surface area contributed by atoms with Gasteiger partial charge in [0.2, 0.25) is 0 Å². The summed E-state index contributed by atoms with van der Waals surface area (Å²) in [6, 6.07) is 9.12. The summed E-state index contributed by atoms with van der Waals surface area (Å²) in [4.78, 5) is 2.58. The second-order valence-corrected chi connectivity index (χ2v) is 6.95. The molecule has 1 N–H and O–H groups in total. The van der Waals surface area contributed by atoms with Gasteiger partial charge in [-0.2, -0.15) is 0 Å². The summed E-state index contributed by atoms with van der Waals surface area (Å²) < 4.78 is 5.92. The van der Waals surface area contributed by atoms with Crippen LogP contribution in [0.2, 0.25) is 0 Å². The van der Waals surface area contributed by atoms with Crippen molar-refractivity contribution in [2.75, 3.05) is 26.2 Å². The molecule has 0 amide bonds. The van der Waals surface area contributed by atoms with E-state index < -0.39 is 0 Å². The van der Waals surface area contributed by atoms with E-state index >= 15 is 0 Å². The third-order valence-electron chi connectivity index (χ3n) is 3.93. The van der Waals surface area contributed by atoms with Crippen LogP contribution in [0.3, 0.4) is 0 Å². The fourth-order valence-electron chi connectivity index (χ4n) is 2.94. The van der Waals surface area contributed by atoms with Crippen molar-refractivity contribution in [3.05, 3.63) is 42.5 Å². The van der Waals surface area contributed by atoms with Crippen LogP contribution in [-0.4, -0.2) is 36.7 Å². The van der Waals surface area contributed by atoms with Gasteiger partial charge in [-0.1, -0.05) is 18.2 Å². The van der Waals surface area contributed by atoms with Gasteiger partial charge in [0.1, 0.15) is 11.4 Å². The van der Waals surface area contributed by atoms with Crippen LogP contribution in [0, 0.1) is 0 Å². The summed E-state index contributed by atoms with van der Waals surface area (Å²) in [6.45, 7) is 14.5. The molecule has 1 aliphatic heterocycles. The highest BCUT2D eigenvalue weighted by molar-refractivity contribution is 5.30. The molecule has 1 aliphatic rings. The summed E-state index contributed by atoms with van der Waals surface area (Å²) in [5, 5.41) is 3.43. The van der Waals surface area contributed by atoms with Gasteiger partial charge in [0.15, 0.2) is 0 Å². The van der Waals surface area contributed by atoms with E-state index in [0.717, 1.165) is 44.8 Å². The number of ether oxygens (including phenoxy) is 1. The Kier molecular flexibility index (Phi) is 6.04. The van der Waals surface area contributed by atoms with Crippen molar-refractivity contribution in [3.8, 4) is 5.75 Å². The molecule has 1 heterocycles. The molecule has 0 radical (unpaired) electrons. The van der Waals surface area contributed by atoms with Crippen LogP contribution in [0.5, 0.6) is 5.75 Å². The van der Waals surface area contributed by atoms with Crippen LogP contribution in [0.4, 0.5) is 0 Å². The zero-order valence-corrected chi connectivity index (χ0v) is 14.3. The number of nitrogens with zero attached hydrogens (tertiary/aromatic N) is 1. The molecule has 1 atom stereocenters.